The fourth-order valence-corrected chi connectivity index (χ4v) is 5.15. The molecule has 0 aromatic carbocycles. The third kappa shape index (κ3) is 2.17. The predicted molar refractivity (Wildman–Crippen MR) is 78.5 cm³/mol. The lowest BCUT2D eigenvalue weighted by atomic mass is 9.61. The zero-order valence-electron chi connectivity index (χ0n) is 12.2. The first-order valence-electron chi connectivity index (χ1n) is 8.43. The second-order valence-electron chi connectivity index (χ2n) is 7.40. The summed E-state index contributed by atoms with van der Waals surface area (Å²) in [5, 5.41) is 0. The average Bonchev–Trinajstić information content (AvgIpc) is 3.00. The summed E-state index contributed by atoms with van der Waals surface area (Å²) >= 11 is 0. The molecule has 3 saturated carbocycles. The van der Waals surface area contributed by atoms with Gasteiger partial charge in [0, 0.05) is 0 Å². The highest BCUT2D eigenvalue weighted by atomic mass is 14.6. The van der Waals surface area contributed by atoms with Gasteiger partial charge in [0.1, 0.15) is 0 Å². The first-order chi connectivity index (χ1) is 8.76. The summed E-state index contributed by atoms with van der Waals surface area (Å²) in [5.74, 6) is 3.24. The molecule has 0 radical (unpaired) electrons. The maximum atomic E-state index is 4.15. The minimum Gasteiger partial charge on any atom is -0.0998 e. The van der Waals surface area contributed by atoms with Gasteiger partial charge in [0.25, 0.3) is 0 Å². The van der Waals surface area contributed by atoms with Gasteiger partial charge in [-0.1, -0.05) is 51.2 Å². The standard InChI is InChI=1S/C18H30/c1-3-4-5-8-16-13-18(16)10-7-6-9-17(18)15-11-14(2)12-15/h15-17H,2-13H2,1H3. The summed E-state index contributed by atoms with van der Waals surface area (Å²) in [5.41, 5.74) is 2.36. The molecule has 3 rings (SSSR count). The average molecular weight is 246 g/mol. The van der Waals surface area contributed by atoms with E-state index >= 15 is 0 Å². The van der Waals surface area contributed by atoms with Crippen molar-refractivity contribution in [1.82, 2.24) is 0 Å². The molecule has 0 aliphatic heterocycles. The topological polar surface area (TPSA) is 0 Å². The van der Waals surface area contributed by atoms with Gasteiger partial charge in [-0.25, -0.2) is 0 Å². The van der Waals surface area contributed by atoms with Crippen molar-refractivity contribution in [3.8, 4) is 0 Å². The molecule has 0 N–H and O–H groups in total. The van der Waals surface area contributed by atoms with E-state index in [2.05, 4.69) is 13.5 Å². The zero-order valence-corrected chi connectivity index (χ0v) is 12.2. The third-order valence-corrected chi connectivity index (χ3v) is 6.25. The van der Waals surface area contributed by atoms with Crippen LogP contribution in [0.5, 0.6) is 0 Å². The summed E-state index contributed by atoms with van der Waals surface area (Å²) < 4.78 is 0. The lowest BCUT2D eigenvalue weighted by Crippen LogP contribution is -2.34. The molecule has 0 nitrogen and oxygen atoms in total. The molecule has 3 fully saturated rings. The van der Waals surface area contributed by atoms with Crippen LogP contribution in [0.25, 0.3) is 0 Å². The Morgan fingerprint density at radius 3 is 2.78 bits per heavy atom. The number of hydrogen-bond acceptors (Lipinski definition) is 0. The molecular formula is C18H30. The highest BCUT2D eigenvalue weighted by Crippen LogP contribution is 2.69. The largest absolute Gasteiger partial charge is 0.0998 e. The third-order valence-electron chi connectivity index (χ3n) is 6.25. The van der Waals surface area contributed by atoms with Crippen LogP contribution in [0.4, 0.5) is 0 Å². The Morgan fingerprint density at radius 2 is 2.06 bits per heavy atom. The quantitative estimate of drug-likeness (QED) is 0.429. The van der Waals surface area contributed by atoms with Crippen LogP contribution in [0.3, 0.4) is 0 Å². The Bertz CT molecular complexity index is 308. The molecule has 102 valence electrons. The van der Waals surface area contributed by atoms with Gasteiger partial charge in [0.05, 0.1) is 0 Å². The number of hydrogen-bond donors (Lipinski definition) is 0. The smallest absolute Gasteiger partial charge is 0.0235 e. The van der Waals surface area contributed by atoms with Gasteiger partial charge in [0.2, 0.25) is 0 Å². The SMILES string of the molecule is C=C1CC(C2CCCCC23CC3CCCCC)C1. The lowest BCUT2D eigenvalue weighted by molar-refractivity contribution is 0.0996. The van der Waals surface area contributed by atoms with Crippen LogP contribution in [-0.4, -0.2) is 0 Å². The molecule has 3 aliphatic rings. The number of allylic oxidation sites excluding steroid dienone is 1. The van der Waals surface area contributed by atoms with Gasteiger partial charge in [-0.05, 0) is 61.7 Å². The Hall–Kier alpha value is -0.260. The molecule has 0 amide bonds. The molecule has 3 aliphatic carbocycles. The van der Waals surface area contributed by atoms with Crippen molar-refractivity contribution in [2.24, 2.45) is 23.2 Å². The lowest BCUT2D eigenvalue weighted by Gasteiger charge is -2.44. The summed E-state index contributed by atoms with van der Waals surface area (Å²) in [6.45, 7) is 6.48. The molecule has 0 aromatic rings. The van der Waals surface area contributed by atoms with Crippen LogP contribution in [0.2, 0.25) is 0 Å². The van der Waals surface area contributed by atoms with Crippen LogP contribution in [0.15, 0.2) is 12.2 Å². The van der Waals surface area contributed by atoms with Crippen molar-refractivity contribution in [3.05, 3.63) is 12.2 Å². The first-order valence-corrected chi connectivity index (χ1v) is 8.43. The Balaban J connectivity index is 1.57. The number of rotatable bonds is 5. The second-order valence-corrected chi connectivity index (χ2v) is 7.40. The van der Waals surface area contributed by atoms with Crippen LogP contribution in [-0.2, 0) is 0 Å². The fraction of sp³-hybridized carbons (Fsp3) is 0.889. The highest BCUT2D eigenvalue weighted by molar-refractivity contribution is 5.16. The summed E-state index contributed by atoms with van der Waals surface area (Å²) in [6, 6.07) is 0. The maximum Gasteiger partial charge on any atom is -0.0235 e. The van der Waals surface area contributed by atoms with E-state index in [0.29, 0.717) is 0 Å². The molecule has 18 heavy (non-hydrogen) atoms. The minimum absolute atomic E-state index is 0.831. The van der Waals surface area contributed by atoms with Gasteiger partial charge >= 0.3 is 0 Å². The predicted octanol–water partition coefficient (Wildman–Crippen LogP) is 5.73. The van der Waals surface area contributed by atoms with E-state index in [0.717, 1.165) is 23.2 Å². The van der Waals surface area contributed by atoms with Gasteiger partial charge in [-0.15, -0.1) is 0 Å². The molecule has 0 bridgehead atoms. The molecule has 0 heteroatoms. The molecular weight excluding hydrogens is 216 g/mol. The highest BCUT2D eigenvalue weighted by Gasteiger charge is 2.60. The number of unbranched alkanes of at least 4 members (excludes halogenated alkanes) is 2. The van der Waals surface area contributed by atoms with Gasteiger partial charge in [-0.2, -0.15) is 0 Å². The van der Waals surface area contributed by atoms with Crippen LogP contribution in [0.1, 0.15) is 77.6 Å². The zero-order chi connectivity index (χ0) is 12.6. The molecule has 3 unspecified atom stereocenters. The summed E-state index contributed by atoms with van der Waals surface area (Å²) in [7, 11) is 0. The second kappa shape index (κ2) is 5.02. The van der Waals surface area contributed by atoms with Gasteiger partial charge < -0.3 is 0 Å². The first kappa shape index (κ1) is 12.8. The van der Waals surface area contributed by atoms with E-state index in [-0.39, 0.29) is 0 Å². The molecule has 0 saturated heterocycles. The van der Waals surface area contributed by atoms with E-state index in [9.17, 15) is 0 Å². The van der Waals surface area contributed by atoms with E-state index in [1.165, 1.54) is 56.9 Å². The van der Waals surface area contributed by atoms with E-state index in [1.807, 2.05) is 0 Å². The van der Waals surface area contributed by atoms with Crippen LogP contribution < -0.4 is 0 Å². The van der Waals surface area contributed by atoms with E-state index < -0.39 is 0 Å². The normalized spacial score (nSPS) is 39.9. The van der Waals surface area contributed by atoms with Crippen molar-refractivity contribution in [3.63, 3.8) is 0 Å². The van der Waals surface area contributed by atoms with E-state index in [1.54, 1.807) is 19.3 Å². The fourth-order valence-electron chi connectivity index (χ4n) is 5.15. The van der Waals surface area contributed by atoms with Crippen LogP contribution in [0, 0.1) is 23.2 Å². The van der Waals surface area contributed by atoms with Gasteiger partial charge in [-0.3, -0.25) is 0 Å². The van der Waals surface area contributed by atoms with Gasteiger partial charge in [0.15, 0.2) is 0 Å². The molecule has 0 heterocycles. The Kier molecular flexibility index (Phi) is 3.56. The van der Waals surface area contributed by atoms with E-state index in [4.69, 9.17) is 0 Å². The summed E-state index contributed by atoms with van der Waals surface area (Å²) in [4.78, 5) is 0. The Morgan fingerprint density at radius 1 is 1.22 bits per heavy atom. The van der Waals surface area contributed by atoms with Crippen molar-refractivity contribution in [2.75, 3.05) is 0 Å². The maximum absolute atomic E-state index is 4.15. The van der Waals surface area contributed by atoms with Crippen molar-refractivity contribution in [2.45, 2.75) is 77.6 Å². The van der Waals surface area contributed by atoms with Crippen LogP contribution >= 0.6 is 0 Å². The monoisotopic (exact) mass is 246 g/mol. The molecule has 1 spiro atoms. The summed E-state index contributed by atoms with van der Waals surface area (Å²) in [6.07, 6.45) is 16.3. The molecule has 3 atom stereocenters. The van der Waals surface area contributed by atoms with Crippen molar-refractivity contribution >= 4 is 0 Å². The van der Waals surface area contributed by atoms with Crippen molar-refractivity contribution in [1.29, 1.82) is 0 Å². The van der Waals surface area contributed by atoms with Crippen molar-refractivity contribution < 1.29 is 0 Å². The minimum atomic E-state index is 0.831. The molecule has 0 aromatic heterocycles. The Labute approximate surface area is 113 Å².